The van der Waals surface area contributed by atoms with Crippen LogP contribution in [0.15, 0.2) is 0 Å². The molecule has 1 aliphatic heterocycles. The van der Waals surface area contributed by atoms with Gasteiger partial charge >= 0.3 is 0 Å². The molecule has 0 radical (unpaired) electrons. The first-order valence-electron chi connectivity index (χ1n) is 7.68. The second-order valence-corrected chi connectivity index (χ2v) is 6.73. The summed E-state index contributed by atoms with van der Waals surface area (Å²) in [7, 11) is 0. The summed E-state index contributed by atoms with van der Waals surface area (Å²) in [5.74, 6) is 0.757. The Hall–Kier alpha value is -0.320. The van der Waals surface area contributed by atoms with Gasteiger partial charge in [-0.2, -0.15) is 0 Å². The van der Waals surface area contributed by atoms with Gasteiger partial charge in [0.25, 0.3) is 0 Å². The normalized spacial score (nSPS) is 27.8. The van der Waals surface area contributed by atoms with Crippen molar-refractivity contribution in [1.82, 2.24) is 5.32 Å². The Kier molecular flexibility index (Phi) is 6.76. The van der Waals surface area contributed by atoms with Crippen molar-refractivity contribution in [3.63, 3.8) is 0 Å². The Labute approximate surface area is 128 Å². The van der Waals surface area contributed by atoms with Crippen molar-refractivity contribution in [2.45, 2.75) is 64.6 Å². The van der Waals surface area contributed by atoms with Crippen LogP contribution in [0, 0.1) is 11.3 Å². The van der Waals surface area contributed by atoms with Gasteiger partial charge in [0, 0.05) is 13.1 Å². The number of carbonyl (C=O) groups is 1. The largest absolute Gasteiger partial charge is 0.364 e. The number of rotatable bonds is 6. The quantitative estimate of drug-likeness (QED) is 0.791. The van der Waals surface area contributed by atoms with E-state index in [2.05, 4.69) is 19.2 Å². The first-order chi connectivity index (χ1) is 9.04. The van der Waals surface area contributed by atoms with Gasteiger partial charge in [-0.1, -0.05) is 20.3 Å². The highest BCUT2D eigenvalue weighted by atomic mass is 35.5. The number of hydrogen-bond acceptors (Lipinski definition) is 3. The number of hydrogen-bond donors (Lipinski definition) is 2. The molecule has 2 fully saturated rings. The fourth-order valence-corrected chi connectivity index (χ4v) is 3.46. The molecule has 118 valence electrons. The number of ether oxygens (including phenoxy) is 1. The summed E-state index contributed by atoms with van der Waals surface area (Å²) in [6.45, 7) is 5.85. The number of amides is 1. The highest BCUT2D eigenvalue weighted by Crippen LogP contribution is 2.45. The van der Waals surface area contributed by atoms with Crippen molar-refractivity contribution in [1.29, 1.82) is 0 Å². The van der Waals surface area contributed by atoms with E-state index in [0.29, 0.717) is 17.9 Å². The van der Waals surface area contributed by atoms with Crippen LogP contribution in [0.1, 0.15) is 52.4 Å². The van der Waals surface area contributed by atoms with Gasteiger partial charge < -0.3 is 15.8 Å². The predicted molar refractivity (Wildman–Crippen MR) is 82.9 cm³/mol. The van der Waals surface area contributed by atoms with Gasteiger partial charge in [0.15, 0.2) is 0 Å². The van der Waals surface area contributed by atoms with Crippen LogP contribution < -0.4 is 11.1 Å². The van der Waals surface area contributed by atoms with Gasteiger partial charge in [0.1, 0.15) is 6.10 Å². The molecule has 1 saturated heterocycles. The fraction of sp³-hybridized carbons (Fsp3) is 0.933. The second kappa shape index (κ2) is 7.62. The average Bonchev–Trinajstić information content (AvgIpc) is 2.80. The lowest BCUT2D eigenvalue weighted by Crippen LogP contribution is -2.46. The smallest absolute Gasteiger partial charge is 0.249 e. The van der Waals surface area contributed by atoms with Gasteiger partial charge in [-0.15, -0.1) is 12.4 Å². The molecule has 0 aromatic rings. The first-order valence-corrected chi connectivity index (χ1v) is 7.68. The summed E-state index contributed by atoms with van der Waals surface area (Å²) >= 11 is 0. The van der Waals surface area contributed by atoms with Crippen molar-refractivity contribution < 1.29 is 9.53 Å². The summed E-state index contributed by atoms with van der Waals surface area (Å²) < 4.78 is 5.63. The Morgan fingerprint density at radius 2 is 2.10 bits per heavy atom. The molecule has 1 aliphatic carbocycles. The monoisotopic (exact) mass is 304 g/mol. The Morgan fingerprint density at radius 1 is 1.40 bits per heavy atom. The third kappa shape index (κ3) is 4.34. The van der Waals surface area contributed by atoms with Crippen molar-refractivity contribution in [3.05, 3.63) is 0 Å². The molecule has 0 bridgehead atoms. The van der Waals surface area contributed by atoms with Gasteiger partial charge in [-0.05, 0) is 43.4 Å². The van der Waals surface area contributed by atoms with Gasteiger partial charge in [0.2, 0.25) is 5.91 Å². The molecule has 4 nitrogen and oxygen atoms in total. The fourth-order valence-electron chi connectivity index (χ4n) is 3.46. The molecule has 0 unspecified atom stereocenters. The van der Waals surface area contributed by atoms with E-state index in [1.165, 1.54) is 25.7 Å². The third-order valence-electron chi connectivity index (χ3n) is 4.56. The molecule has 3 N–H and O–H groups in total. The van der Waals surface area contributed by atoms with Crippen LogP contribution in [0.25, 0.3) is 0 Å². The summed E-state index contributed by atoms with van der Waals surface area (Å²) in [6, 6.07) is 0. The summed E-state index contributed by atoms with van der Waals surface area (Å²) in [6.07, 6.45) is 6.54. The molecule has 5 heteroatoms. The molecule has 0 spiro atoms. The highest BCUT2D eigenvalue weighted by molar-refractivity contribution is 5.85. The van der Waals surface area contributed by atoms with Crippen molar-refractivity contribution in [2.75, 3.05) is 13.1 Å². The number of nitrogens with two attached hydrogens (primary N) is 1. The lowest BCUT2D eigenvalue weighted by atomic mass is 9.64. The van der Waals surface area contributed by atoms with E-state index >= 15 is 0 Å². The first kappa shape index (κ1) is 17.7. The van der Waals surface area contributed by atoms with E-state index in [0.717, 1.165) is 19.4 Å². The minimum absolute atomic E-state index is 0. The highest BCUT2D eigenvalue weighted by Gasteiger charge is 2.38. The zero-order chi connectivity index (χ0) is 13.9. The lowest BCUT2D eigenvalue weighted by molar-refractivity contribution is -0.132. The molecule has 1 amide bonds. The van der Waals surface area contributed by atoms with Crippen molar-refractivity contribution in [2.24, 2.45) is 17.1 Å². The molecule has 0 aromatic carbocycles. The zero-order valence-electron chi connectivity index (χ0n) is 12.7. The SMILES string of the molecule is CC(C)CC1(CNC(=O)[C@@H]2CC[C@H](CN)O2)CCC1.Cl. The van der Waals surface area contributed by atoms with Crippen LogP contribution in [-0.2, 0) is 9.53 Å². The van der Waals surface area contributed by atoms with Crippen LogP contribution in [0.5, 0.6) is 0 Å². The van der Waals surface area contributed by atoms with Crippen LogP contribution in [0.2, 0.25) is 0 Å². The minimum atomic E-state index is -0.273. The average molecular weight is 305 g/mol. The van der Waals surface area contributed by atoms with E-state index in [1.807, 2.05) is 0 Å². The van der Waals surface area contributed by atoms with E-state index in [4.69, 9.17) is 10.5 Å². The molecule has 1 saturated carbocycles. The maximum Gasteiger partial charge on any atom is 0.249 e. The maximum absolute atomic E-state index is 12.1. The molecule has 20 heavy (non-hydrogen) atoms. The lowest BCUT2D eigenvalue weighted by Gasteiger charge is -2.43. The van der Waals surface area contributed by atoms with E-state index in [-0.39, 0.29) is 30.5 Å². The summed E-state index contributed by atoms with van der Waals surface area (Å²) in [5.41, 5.74) is 5.93. The summed E-state index contributed by atoms with van der Waals surface area (Å²) in [4.78, 5) is 12.1. The second-order valence-electron chi connectivity index (χ2n) is 6.73. The Morgan fingerprint density at radius 3 is 2.55 bits per heavy atom. The molecule has 2 rings (SSSR count). The predicted octanol–water partition coefficient (Wildman–Crippen LogP) is 2.25. The van der Waals surface area contributed by atoms with Gasteiger partial charge in [-0.3, -0.25) is 4.79 Å². The molecular weight excluding hydrogens is 276 g/mol. The van der Waals surface area contributed by atoms with E-state index in [9.17, 15) is 4.79 Å². The van der Waals surface area contributed by atoms with Crippen LogP contribution in [0.3, 0.4) is 0 Å². The molecule has 0 aromatic heterocycles. The van der Waals surface area contributed by atoms with Crippen molar-refractivity contribution >= 4 is 18.3 Å². The Bertz CT molecular complexity index is 319. The minimum Gasteiger partial charge on any atom is -0.364 e. The summed E-state index contributed by atoms with van der Waals surface area (Å²) in [5, 5.41) is 3.11. The molecule has 2 atom stereocenters. The maximum atomic E-state index is 12.1. The molecule has 2 aliphatic rings. The Balaban J connectivity index is 0.00000200. The number of carbonyl (C=O) groups excluding carboxylic acids is 1. The number of nitrogens with one attached hydrogen (secondary N) is 1. The van der Waals surface area contributed by atoms with Gasteiger partial charge in [0.05, 0.1) is 6.10 Å². The van der Waals surface area contributed by atoms with E-state index in [1.54, 1.807) is 0 Å². The van der Waals surface area contributed by atoms with E-state index < -0.39 is 0 Å². The molecule has 1 heterocycles. The van der Waals surface area contributed by atoms with Crippen LogP contribution in [-0.4, -0.2) is 31.2 Å². The standard InChI is InChI=1S/C15H28N2O2.ClH/c1-11(2)8-15(6-3-7-15)10-17-14(18)13-5-4-12(9-16)19-13;/h11-13H,3-10,16H2,1-2H3,(H,17,18);1H/t12-,13+;/m1./s1. The number of halogens is 1. The van der Waals surface area contributed by atoms with Gasteiger partial charge in [-0.25, -0.2) is 0 Å². The van der Waals surface area contributed by atoms with Crippen LogP contribution >= 0.6 is 12.4 Å². The third-order valence-corrected chi connectivity index (χ3v) is 4.56. The van der Waals surface area contributed by atoms with Crippen molar-refractivity contribution in [3.8, 4) is 0 Å². The topological polar surface area (TPSA) is 64.4 Å². The van der Waals surface area contributed by atoms with Crippen LogP contribution in [0.4, 0.5) is 0 Å². The molecular formula is C15H29ClN2O2. The zero-order valence-corrected chi connectivity index (χ0v) is 13.5.